The molecule has 0 fully saturated rings. The van der Waals surface area contributed by atoms with Gasteiger partial charge in [0.25, 0.3) is 0 Å². The highest BCUT2D eigenvalue weighted by Crippen LogP contribution is 2.00. The first-order valence-electron chi connectivity index (χ1n) is 3.51. The number of ether oxygens (including phenoxy) is 2. The normalized spacial score (nSPS) is 9.67. The van der Waals surface area contributed by atoms with Gasteiger partial charge in [0.1, 0.15) is 0 Å². The molecule has 0 amide bonds. The van der Waals surface area contributed by atoms with Gasteiger partial charge in [0.15, 0.2) is 0 Å². The molecule has 5 heteroatoms. The SMILES string of the molecule is CC(=O)OC(CCO)OC(C)=O. The second-order valence-electron chi connectivity index (χ2n) is 2.16. The van der Waals surface area contributed by atoms with Crippen LogP contribution in [0.2, 0.25) is 0 Å². The van der Waals surface area contributed by atoms with Gasteiger partial charge in [-0.3, -0.25) is 9.59 Å². The second-order valence-corrected chi connectivity index (χ2v) is 2.16. The number of aliphatic hydroxyl groups excluding tert-OH is 1. The molecule has 0 aliphatic rings. The van der Waals surface area contributed by atoms with Crippen molar-refractivity contribution in [3.8, 4) is 0 Å². The summed E-state index contributed by atoms with van der Waals surface area (Å²) in [4.78, 5) is 20.8. The predicted molar refractivity (Wildman–Crippen MR) is 39.0 cm³/mol. The topological polar surface area (TPSA) is 72.8 Å². The maximum absolute atomic E-state index is 10.4. The molecule has 0 aliphatic heterocycles. The highest BCUT2D eigenvalue weighted by Gasteiger charge is 2.13. The lowest BCUT2D eigenvalue weighted by Crippen LogP contribution is -2.23. The summed E-state index contributed by atoms with van der Waals surface area (Å²) in [5.74, 6) is -1.09. The van der Waals surface area contributed by atoms with Crippen molar-refractivity contribution in [1.82, 2.24) is 0 Å². The summed E-state index contributed by atoms with van der Waals surface area (Å²) in [6, 6.07) is 0. The number of rotatable bonds is 4. The number of aliphatic hydroxyl groups is 1. The van der Waals surface area contributed by atoms with E-state index in [9.17, 15) is 9.59 Å². The molecular formula is C7H12O5. The predicted octanol–water partition coefficient (Wildman–Crippen LogP) is -0.179. The van der Waals surface area contributed by atoms with E-state index < -0.39 is 18.2 Å². The summed E-state index contributed by atoms with van der Waals surface area (Å²) in [7, 11) is 0. The van der Waals surface area contributed by atoms with E-state index in [4.69, 9.17) is 5.11 Å². The number of hydrogen-bond donors (Lipinski definition) is 1. The van der Waals surface area contributed by atoms with Crippen LogP contribution in [0.15, 0.2) is 0 Å². The highest BCUT2D eigenvalue weighted by molar-refractivity contribution is 5.68. The van der Waals surface area contributed by atoms with Crippen LogP contribution in [0.5, 0.6) is 0 Å². The van der Waals surface area contributed by atoms with E-state index in [0.717, 1.165) is 0 Å². The zero-order chi connectivity index (χ0) is 9.56. The van der Waals surface area contributed by atoms with E-state index in [1.807, 2.05) is 0 Å². The Balaban J connectivity index is 3.85. The Hall–Kier alpha value is -1.10. The van der Waals surface area contributed by atoms with Crippen LogP contribution in [-0.2, 0) is 19.1 Å². The first-order chi connectivity index (χ1) is 5.56. The van der Waals surface area contributed by atoms with Crippen LogP contribution in [0.1, 0.15) is 20.3 Å². The highest BCUT2D eigenvalue weighted by atomic mass is 16.7. The van der Waals surface area contributed by atoms with E-state index in [1.165, 1.54) is 13.8 Å². The maximum atomic E-state index is 10.4. The first kappa shape index (κ1) is 10.9. The van der Waals surface area contributed by atoms with Gasteiger partial charge in [0.2, 0.25) is 6.29 Å². The third-order valence-electron chi connectivity index (χ3n) is 0.960. The molecule has 70 valence electrons. The molecule has 12 heavy (non-hydrogen) atoms. The number of carbonyl (C=O) groups is 2. The van der Waals surface area contributed by atoms with E-state index in [1.54, 1.807) is 0 Å². The molecule has 0 saturated carbocycles. The van der Waals surface area contributed by atoms with Crippen LogP contribution in [0, 0.1) is 0 Å². The zero-order valence-corrected chi connectivity index (χ0v) is 7.07. The Labute approximate surface area is 70.3 Å². The molecular weight excluding hydrogens is 164 g/mol. The van der Waals surface area contributed by atoms with Crippen LogP contribution in [-0.4, -0.2) is 29.9 Å². The molecule has 0 aromatic rings. The minimum absolute atomic E-state index is 0.0964. The minimum atomic E-state index is -0.968. The molecule has 0 radical (unpaired) electrons. The molecule has 5 nitrogen and oxygen atoms in total. The fourth-order valence-corrected chi connectivity index (χ4v) is 0.618. The summed E-state index contributed by atoms with van der Waals surface area (Å²) in [5.41, 5.74) is 0. The fraction of sp³-hybridized carbons (Fsp3) is 0.714. The van der Waals surface area contributed by atoms with Gasteiger partial charge < -0.3 is 14.6 Å². The summed E-state index contributed by atoms with van der Waals surface area (Å²) in [6.07, 6.45) is -0.871. The first-order valence-corrected chi connectivity index (χ1v) is 3.51. The van der Waals surface area contributed by atoms with E-state index >= 15 is 0 Å². The maximum Gasteiger partial charge on any atom is 0.305 e. The smallest absolute Gasteiger partial charge is 0.305 e. The molecule has 0 rings (SSSR count). The van der Waals surface area contributed by atoms with Gasteiger partial charge in [-0.2, -0.15) is 0 Å². The Morgan fingerprint density at radius 2 is 1.67 bits per heavy atom. The van der Waals surface area contributed by atoms with Gasteiger partial charge in [0.05, 0.1) is 6.61 Å². The summed E-state index contributed by atoms with van der Waals surface area (Å²) in [6.45, 7) is 2.20. The van der Waals surface area contributed by atoms with Gasteiger partial charge in [-0.15, -0.1) is 0 Å². The molecule has 0 aromatic heterocycles. The van der Waals surface area contributed by atoms with Crippen molar-refractivity contribution < 1.29 is 24.2 Å². The zero-order valence-electron chi connectivity index (χ0n) is 7.07. The second kappa shape index (κ2) is 5.54. The lowest BCUT2D eigenvalue weighted by molar-refractivity contribution is -0.186. The summed E-state index contributed by atoms with van der Waals surface area (Å²) < 4.78 is 9.12. The number of esters is 2. The van der Waals surface area contributed by atoms with Crippen LogP contribution < -0.4 is 0 Å². The van der Waals surface area contributed by atoms with E-state index in [0.29, 0.717) is 0 Å². The van der Waals surface area contributed by atoms with Gasteiger partial charge in [0, 0.05) is 20.3 Å². The third kappa shape index (κ3) is 5.67. The van der Waals surface area contributed by atoms with E-state index in [-0.39, 0.29) is 13.0 Å². The molecule has 0 unspecified atom stereocenters. The van der Waals surface area contributed by atoms with Gasteiger partial charge >= 0.3 is 11.9 Å². The summed E-state index contributed by atoms with van der Waals surface area (Å²) in [5, 5.41) is 8.48. The number of hydrogen-bond acceptors (Lipinski definition) is 5. The van der Waals surface area contributed by atoms with E-state index in [2.05, 4.69) is 9.47 Å². The molecule has 0 atom stereocenters. The Kier molecular flexibility index (Phi) is 5.03. The average Bonchev–Trinajstić information content (AvgIpc) is 1.84. The average molecular weight is 176 g/mol. The summed E-state index contributed by atoms with van der Waals surface area (Å²) >= 11 is 0. The van der Waals surface area contributed by atoms with Crippen LogP contribution >= 0.6 is 0 Å². The Morgan fingerprint density at radius 3 is 1.92 bits per heavy atom. The lowest BCUT2D eigenvalue weighted by Gasteiger charge is -2.14. The van der Waals surface area contributed by atoms with Gasteiger partial charge in [-0.05, 0) is 0 Å². The van der Waals surface area contributed by atoms with Crippen LogP contribution in [0.3, 0.4) is 0 Å². The molecule has 0 spiro atoms. The number of carbonyl (C=O) groups excluding carboxylic acids is 2. The molecule has 0 saturated heterocycles. The van der Waals surface area contributed by atoms with Crippen LogP contribution in [0.4, 0.5) is 0 Å². The molecule has 0 aliphatic carbocycles. The molecule has 0 aromatic carbocycles. The van der Waals surface area contributed by atoms with Crippen molar-refractivity contribution in [2.24, 2.45) is 0 Å². The molecule has 0 bridgehead atoms. The monoisotopic (exact) mass is 176 g/mol. The van der Waals surface area contributed by atoms with Crippen molar-refractivity contribution in [1.29, 1.82) is 0 Å². The molecule has 1 N–H and O–H groups in total. The van der Waals surface area contributed by atoms with Gasteiger partial charge in [-0.1, -0.05) is 0 Å². The van der Waals surface area contributed by atoms with Crippen molar-refractivity contribution >= 4 is 11.9 Å². The van der Waals surface area contributed by atoms with Gasteiger partial charge in [-0.25, -0.2) is 0 Å². The van der Waals surface area contributed by atoms with Crippen molar-refractivity contribution in [2.75, 3.05) is 6.61 Å². The Bertz CT molecular complexity index is 149. The Morgan fingerprint density at radius 1 is 1.25 bits per heavy atom. The van der Waals surface area contributed by atoms with Crippen LogP contribution in [0.25, 0.3) is 0 Å². The van der Waals surface area contributed by atoms with Crippen molar-refractivity contribution in [2.45, 2.75) is 26.6 Å². The minimum Gasteiger partial charge on any atom is -0.425 e. The third-order valence-corrected chi connectivity index (χ3v) is 0.960. The standard InChI is InChI=1S/C7H12O5/c1-5(9)11-7(3-4-8)12-6(2)10/h7-8H,3-4H2,1-2H3. The van der Waals surface area contributed by atoms with Crippen molar-refractivity contribution in [3.63, 3.8) is 0 Å². The largest absolute Gasteiger partial charge is 0.425 e. The van der Waals surface area contributed by atoms with Crippen molar-refractivity contribution in [3.05, 3.63) is 0 Å². The fourth-order valence-electron chi connectivity index (χ4n) is 0.618. The molecule has 0 heterocycles. The quantitative estimate of drug-likeness (QED) is 0.475. The lowest BCUT2D eigenvalue weighted by atomic mass is 10.4.